The van der Waals surface area contributed by atoms with Crippen molar-refractivity contribution in [2.45, 2.75) is 13.5 Å². The van der Waals surface area contributed by atoms with E-state index in [2.05, 4.69) is 20.0 Å². The molecule has 98 valence electrons. The molecular formula is C13H15N5O. The van der Waals surface area contributed by atoms with Crippen LogP contribution in [0, 0.1) is 12.8 Å². The summed E-state index contributed by atoms with van der Waals surface area (Å²) in [7, 11) is 0. The zero-order valence-electron chi connectivity index (χ0n) is 10.7. The molecule has 6 nitrogen and oxygen atoms in total. The van der Waals surface area contributed by atoms with E-state index >= 15 is 0 Å². The molecular weight excluding hydrogens is 242 g/mol. The molecule has 0 amide bonds. The van der Waals surface area contributed by atoms with Crippen molar-refractivity contribution in [3.8, 4) is 0 Å². The van der Waals surface area contributed by atoms with Crippen molar-refractivity contribution in [2.24, 2.45) is 5.92 Å². The van der Waals surface area contributed by atoms with Crippen LogP contribution in [0.5, 0.6) is 0 Å². The normalized spacial score (nSPS) is 15.3. The van der Waals surface area contributed by atoms with E-state index in [1.54, 1.807) is 29.3 Å². The molecule has 2 aromatic rings. The summed E-state index contributed by atoms with van der Waals surface area (Å²) in [6.07, 6.45) is 3.29. The first-order chi connectivity index (χ1) is 9.22. The second kappa shape index (κ2) is 4.79. The van der Waals surface area contributed by atoms with Gasteiger partial charge in [0, 0.05) is 31.3 Å². The van der Waals surface area contributed by atoms with Crippen molar-refractivity contribution in [1.29, 1.82) is 0 Å². The van der Waals surface area contributed by atoms with Gasteiger partial charge in [-0.2, -0.15) is 5.10 Å². The minimum Gasteiger partial charge on any atom is -0.356 e. The third-order valence-electron chi connectivity index (χ3n) is 3.28. The molecule has 0 bridgehead atoms. The molecule has 0 radical (unpaired) electrons. The van der Waals surface area contributed by atoms with Gasteiger partial charge in [0.15, 0.2) is 0 Å². The average molecular weight is 257 g/mol. The molecule has 1 saturated heterocycles. The predicted molar refractivity (Wildman–Crippen MR) is 71.0 cm³/mol. The molecule has 0 unspecified atom stereocenters. The highest BCUT2D eigenvalue weighted by Gasteiger charge is 2.28. The fourth-order valence-electron chi connectivity index (χ4n) is 2.27. The van der Waals surface area contributed by atoms with Crippen molar-refractivity contribution < 1.29 is 0 Å². The van der Waals surface area contributed by atoms with Crippen molar-refractivity contribution >= 4 is 5.82 Å². The summed E-state index contributed by atoms with van der Waals surface area (Å²) in [6.45, 7) is 4.37. The van der Waals surface area contributed by atoms with Crippen LogP contribution < -0.4 is 10.5 Å². The Morgan fingerprint density at radius 1 is 1.32 bits per heavy atom. The minimum absolute atomic E-state index is 0.0360. The average Bonchev–Trinajstić information content (AvgIpc) is 2.38. The fraction of sp³-hybridized carbons (Fsp3) is 0.385. The summed E-state index contributed by atoms with van der Waals surface area (Å²) < 4.78 is 1.55. The van der Waals surface area contributed by atoms with Gasteiger partial charge in [-0.3, -0.25) is 4.79 Å². The second-order valence-corrected chi connectivity index (χ2v) is 4.83. The molecule has 0 N–H and O–H groups in total. The van der Waals surface area contributed by atoms with Gasteiger partial charge in [0.2, 0.25) is 0 Å². The third kappa shape index (κ3) is 2.47. The number of rotatable bonds is 3. The summed E-state index contributed by atoms with van der Waals surface area (Å²) in [4.78, 5) is 21.9. The smallest absolute Gasteiger partial charge is 0.266 e. The van der Waals surface area contributed by atoms with E-state index in [1.807, 2.05) is 13.0 Å². The van der Waals surface area contributed by atoms with Gasteiger partial charge in [-0.15, -0.1) is 0 Å². The maximum Gasteiger partial charge on any atom is 0.266 e. The number of hydrogen-bond acceptors (Lipinski definition) is 5. The zero-order valence-corrected chi connectivity index (χ0v) is 10.7. The Morgan fingerprint density at radius 2 is 2.16 bits per heavy atom. The van der Waals surface area contributed by atoms with Crippen LogP contribution >= 0.6 is 0 Å². The van der Waals surface area contributed by atoms with Gasteiger partial charge in [-0.1, -0.05) is 0 Å². The first-order valence-electron chi connectivity index (χ1n) is 6.28. The Balaban J connectivity index is 1.63. The molecule has 19 heavy (non-hydrogen) atoms. The van der Waals surface area contributed by atoms with Crippen LogP contribution in [0.25, 0.3) is 0 Å². The Bertz CT molecular complexity index is 618. The largest absolute Gasteiger partial charge is 0.356 e. The van der Waals surface area contributed by atoms with Crippen LogP contribution in [0.3, 0.4) is 0 Å². The Labute approximate surface area is 110 Å². The van der Waals surface area contributed by atoms with Gasteiger partial charge in [0.1, 0.15) is 12.1 Å². The molecule has 3 rings (SSSR count). The van der Waals surface area contributed by atoms with Crippen LogP contribution in [0.1, 0.15) is 5.69 Å². The summed E-state index contributed by atoms with van der Waals surface area (Å²) in [5.74, 6) is 1.39. The molecule has 0 aromatic carbocycles. The molecule has 1 aliphatic heterocycles. The zero-order chi connectivity index (χ0) is 13.2. The molecule has 6 heteroatoms. The number of aryl methyl sites for hydroxylation is 1. The summed E-state index contributed by atoms with van der Waals surface area (Å²) in [5, 5.41) is 4.25. The van der Waals surface area contributed by atoms with Gasteiger partial charge in [0.25, 0.3) is 5.56 Å². The third-order valence-corrected chi connectivity index (χ3v) is 3.28. The molecule has 0 spiro atoms. The lowest BCUT2D eigenvalue weighted by Crippen LogP contribution is -2.50. The number of hydrogen-bond donors (Lipinski definition) is 0. The standard InChI is InChI=1S/C13H15N5O/c1-10-2-3-13(19)18(16-10)8-11-6-17(7-11)12-4-5-14-9-15-12/h2-5,9,11H,6-8H2,1H3. The Morgan fingerprint density at radius 3 is 2.89 bits per heavy atom. The molecule has 3 heterocycles. The summed E-state index contributed by atoms with van der Waals surface area (Å²) >= 11 is 0. The van der Waals surface area contributed by atoms with Crippen molar-refractivity contribution in [3.63, 3.8) is 0 Å². The second-order valence-electron chi connectivity index (χ2n) is 4.83. The maximum atomic E-state index is 11.7. The highest BCUT2D eigenvalue weighted by Crippen LogP contribution is 2.22. The van der Waals surface area contributed by atoms with Crippen molar-refractivity contribution in [2.75, 3.05) is 18.0 Å². The molecule has 1 aliphatic rings. The van der Waals surface area contributed by atoms with E-state index < -0.39 is 0 Å². The number of aromatic nitrogens is 4. The number of nitrogens with zero attached hydrogens (tertiary/aromatic N) is 5. The van der Waals surface area contributed by atoms with Crippen molar-refractivity contribution in [1.82, 2.24) is 19.7 Å². The first kappa shape index (κ1) is 11.8. The van der Waals surface area contributed by atoms with Crippen LogP contribution in [-0.4, -0.2) is 32.8 Å². The highest BCUT2D eigenvalue weighted by molar-refractivity contribution is 5.39. The van der Waals surface area contributed by atoms with E-state index in [1.165, 1.54) is 0 Å². The van der Waals surface area contributed by atoms with Gasteiger partial charge in [-0.05, 0) is 19.1 Å². The molecule has 0 aliphatic carbocycles. The van der Waals surface area contributed by atoms with Crippen LogP contribution in [0.2, 0.25) is 0 Å². The lowest BCUT2D eigenvalue weighted by atomic mass is 10.0. The topological polar surface area (TPSA) is 63.9 Å². The van der Waals surface area contributed by atoms with Gasteiger partial charge < -0.3 is 4.90 Å². The van der Waals surface area contributed by atoms with Gasteiger partial charge in [0.05, 0.1) is 12.2 Å². The van der Waals surface area contributed by atoms with E-state index in [9.17, 15) is 4.79 Å². The van der Waals surface area contributed by atoms with E-state index in [-0.39, 0.29) is 5.56 Å². The van der Waals surface area contributed by atoms with E-state index in [0.29, 0.717) is 12.5 Å². The van der Waals surface area contributed by atoms with Gasteiger partial charge >= 0.3 is 0 Å². The molecule has 0 saturated carbocycles. The fourth-order valence-corrected chi connectivity index (χ4v) is 2.27. The van der Waals surface area contributed by atoms with E-state index in [4.69, 9.17) is 0 Å². The number of anilines is 1. The Hall–Kier alpha value is -2.24. The molecule has 2 aromatic heterocycles. The first-order valence-corrected chi connectivity index (χ1v) is 6.28. The van der Waals surface area contributed by atoms with Crippen molar-refractivity contribution in [3.05, 3.63) is 46.8 Å². The van der Waals surface area contributed by atoms with Gasteiger partial charge in [-0.25, -0.2) is 14.6 Å². The predicted octanol–water partition coefficient (Wildman–Crippen LogP) is 0.478. The van der Waals surface area contributed by atoms with Crippen LogP contribution in [0.15, 0.2) is 35.5 Å². The van der Waals surface area contributed by atoms with Crippen LogP contribution in [0.4, 0.5) is 5.82 Å². The minimum atomic E-state index is -0.0360. The quantitative estimate of drug-likeness (QED) is 0.800. The summed E-state index contributed by atoms with van der Waals surface area (Å²) in [6, 6.07) is 5.21. The Kier molecular flexibility index (Phi) is 2.98. The molecule has 1 fully saturated rings. The van der Waals surface area contributed by atoms with E-state index in [0.717, 1.165) is 24.6 Å². The SMILES string of the molecule is Cc1ccc(=O)n(CC2CN(c3ccncn3)C2)n1. The monoisotopic (exact) mass is 257 g/mol. The summed E-state index contributed by atoms with van der Waals surface area (Å²) in [5.41, 5.74) is 0.831. The van der Waals surface area contributed by atoms with Crippen LogP contribution in [-0.2, 0) is 6.54 Å². The maximum absolute atomic E-state index is 11.7. The lowest BCUT2D eigenvalue weighted by Gasteiger charge is -2.40. The highest BCUT2D eigenvalue weighted by atomic mass is 16.1. The molecule has 0 atom stereocenters. The lowest BCUT2D eigenvalue weighted by molar-refractivity contribution is 0.332.